The van der Waals surface area contributed by atoms with Crippen molar-refractivity contribution in [1.29, 1.82) is 0 Å². The van der Waals surface area contributed by atoms with Crippen molar-refractivity contribution in [1.82, 2.24) is 15.0 Å². The van der Waals surface area contributed by atoms with Gasteiger partial charge in [0, 0.05) is 54.9 Å². The second kappa shape index (κ2) is 12.1. The molecule has 0 amide bonds. The first kappa shape index (κ1) is 31.9. The van der Waals surface area contributed by atoms with Crippen molar-refractivity contribution < 1.29 is 17.7 Å². The Bertz CT molecular complexity index is 3830. The first-order valence-electron chi connectivity index (χ1n) is 19.4. The Kier molecular flexibility index (Phi) is 6.56. The van der Waals surface area contributed by atoms with Crippen molar-refractivity contribution in [3.8, 4) is 22.8 Å². The number of hydrogen-bond acceptors (Lipinski definition) is 8. The maximum atomic E-state index is 6.46. The fourth-order valence-electron chi connectivity index (χ4n) is 8.61. The molecule has 0 saturated carbocycles. The van der Waals surface area contributed by atoms with Crippen LogP contribution in [-0.2, 0) is 0 Å². The van der Waals surface area contributed by atoms with Gasteiger partial charge in [-0.1, -0.05) is 84.9 Å². The lowest BCUT2D eigenvalue weighted by atomic mass is 10.1. The van der Waals surface area contributed by atoms with E-state index in [1.165, 1.54) is 0 Å². The van der Waals surface area contributed by atoms with Gasteiger partial charge >= 0.3 is 0 Å². The summed E-state index contributed by atoms with van der Waals surface area (Å²) >= 11 is 0. The van der Waals surface area contributed by atoms with E-state index in [0.29, 0.717) is 17.6 Å². The van der Waals surface area contributed by atoms with Gasteiger partial charge in [0.2, 0.25) is 5.95 Å². The highest BCUT2D eigenvalue weighted by molar-refractivity contribution is 6.14. The zero-order chi connectivity index (χ0) is 38.6. The van der Waals surface area contributed by atoms with E-state index in [-0.39, 0.29) is 0 Å². The van der Waals surface area contributed by atoms with Crippen LogP contribution in [0.2, 0.25) is 0 Å². The first-order valence-corrected chi connectivity index (χ1v) is 19.4. The predicted molar refractivity (Wildman–Crippen MR) is 234 cm³/mol. The number of furan rings is 4. The zero-order valence-corrected chi connectivity index (χ0v) is 31.1. The first-order chi connectivity index (χ1) is 29.2. The molecule has 0 N–H and O–H groups in total. The molecule has 0 unspecified atom stereocenters. The fraction of sp³-hybridized carbons (Fsp3) is 0. The molecule has 5 aromatic heterocycles. The van der Waals surface area contributed by atoms with Crippen LogP contribution in [0.4, 0.5) is 17.3 Å². The summed E-state index contributed by atoms with van der Waals surface area (Å²) in [6.45, 7) is 0. The minimum absolute atomic E-state index is 0.417. The summed E-state index contributed by atoms with van der Waals surface area (Å²) in [5, 5.41) is 8.07. The van der Waals surface area contributed by atoms with Crippen LogP contribution in [0.1, 0.15) is 0 Å². The zero-order valence-electron chi connectivity index (χ0n) is 31.1. The van der Waals surface area contributed by atoms with Gasteiger partial charge in [0.05, 0.1) is 16.8 Å². The van der Waals surface area contributed by atoms with E-state index in [4.69, 9.17) is 32.6 Å². The van der Waals surface area contributed by atoms with E-state index in [1.54, 1.807) is 0 Å². The van der Waals surface area contributed by atoms with Crippen LogP contribution in [-0.4, -0.2) is 15.0 Å². The summed E-state index contributed by atoms with van der Waals surface area (Å²) in [6, 6.07) is 56.9. The van der Waals surface area contributed by atoms with Crippen molar-refractivity contribution in [2.75, 3.05) is 4.90 Å². The lowest BCUT2D eigenvalue weighted by Crippen LogP contribution is -2.15. The van der Waals surface area contributed by atoms with E-state index >= 15 is 0 Å². The molecule has 8 nitrogen and oxygen atoms in total. The predicted octanol–water partition coefficient (Wildman–Crippen LogP) is 14.3. The van der Waals surface area contributed by atoms with Crippen molar-refractivity contribution in [2.24, 2.45) is 0 Å². The average molecular weight is 761 g/mol. The highest BCUT2D eigenvalue weighted by atomic mass is 16.3. The third kappa shape index (κ3) is 4.87. The third-order valence-electron chi connectivity index (χ3n) is 11.3. The van der Waals surface area contributed by atoms with E-state index in [9.17, 15) is 0 Å². The highest BCUT2D eigenvalue weighted by Crippen LogP contribution is 2.44. The molecular formula is C51H28N4O4. The number of hydrogen-bond donors (Lipinski definition) is 0. The van der Waals surface area contributed by atoms with Gasteiger partial charge in [0.15, 0.2) is 11.6 Å². The summed E-state index contributed by atoms with van der Waals surface area (Å²) in [7, 11) is 0. The summed E-state index contributed by atoms with van der Waals surface area (Å²) in [6.07, 6.45) is 0. The molecule has 276 valence electrons. The van der Waals surface area contributed by atoms with Crippen molar-refractivity contribution in [3.05, 3.63) is 170 Å². The van der Waals surface area contributed by atoms with Crippen LogP contribution in [0, 0.1) is 0 Å². The van der Waals surface area contributed by atoms with Gasteiger partial charge in [-0.2, -0.15) is 9.97 Å². The lowest BCUT2D eigenvalue weighted by Gasteiger charge is -2.24. The second-order valence-corrected chi connectivity index (χ2v) is 14.8. The van der Waals surface area contributed by atoms with Crippen molar-refractivity contribution >= 4 is 105 Å². The van der Waals surface area contributed by atoms with Gasteiger partial charge in [-0.15, -0.1) is 0 Å². The molecule has 0 bridgehead atoms. The molecule has 59 heavy (non-hydrogen) atoms. The average Bonchev–Trinajstić information content (AvgIpc) is 4.06. The largest absolute Gasteiger partial charge is 0.456 e. The number of nitrogens with zero attached hydrogens (tertiary/aromatic N) is 4. The molecule has 8 heteroatoms. The second-order valence-electron chi connectivity index (χ2n) is 14.8. The molecule has 13 aromatic rings. The smallest absolute Gasteiger partial charge is 0.238 e. The molecule has 5 heterocycles. The Labute approximate surface area is 334 Å². The van der Waals surface area contributed by atoms with E-state index in [1.807, 2.05) is 103 Å². The number of benzene rings is 8. The monoisotopic (exact) mass is 760 g/mol. The Morgan fingerprint density at radius 2 is 0.797 bits per heavy atom. The normalized spacial score (nSPS) is 12.1. The van der Waals surface area contributed by atoms with Crippen molar-refractivity contribution in [3.63, 3.8) is 0 Å². The standard InChI is InChI=1S/C51H28N4O4/c1-5-15-40-32(10-1)35-23-20-30(27-46(35)58-40)50-52-49(29-21-25-44-38(26-29)34-12-3-7-17-42(34)56-44)53-51(54-50)55(31-22-24-36-33-11-2-6-16-41(33)59-47(36)28-31)39-14-9-19-45-48(39)37-13-4-8-18-43(37)57-45/h1-28H. The van der Waals surface area contributed by atoms with E-state index < -0.39 is 0 Å². The van der Waals surface area contributed by atoms with E-state index in [2.05, 4.69) is 71.6 Å². The Balaban J connectivity index is 1.10. The summed E-state index contributed by atoms with van der Waals surface area (Å²) in [4.78, 5) is 17.9. The molecular weight excluding hydrogens is 733 g/mol. The topological polar surface area (TPSA) is 94.5 Å². The van der Waals surface area contributed by atoms with Crippen molar-refractivity contribution in [2.45, 2.75) is 0 Å². The highest BCUT2D eigenvalue weighted by Gasteiger charge is 2.25. The van der Waals surface area contributed by atoms with Crippen LogP contribution in [0.3, 0.4) is 0 Å². The van der Waals surface area contributed by atoms with Gasteiger partial charge < -0.3 is 17.7 Å². The van der Waals surface area contributed by atoms with Gasteiger partial charge in [-0.25, -0.2) is 4.98 Å². The Hall–Kier alpha value is -8.23. The Morgan fingerprint density at radius 3 is 1.49 bits per heavy atom. The maximum absolute atomic E-state index is 6.46. The fourth-order valence-corrected chi connectivity index (χ4v) is 8.61. The van der Waals surface area contributed by atoms with Crippen LogP contribution < -0.4 is 4.90 Å². The molecule has 0 spiro atoms. The molecule has 8 aromatic carbocycles. The van der Waals surface area contributed by atoms with Crippen LogP contribution in [0.15, 0.2) is 188 Å². The molecule has 0 radical (unpaired) electrons. The molecule has 0 aliphatic carbocycles. The molecule has 0 atom stereocenters. The molecule has 13 rings (SSSR count). The minimum Gasteiger partial charge on any atom is -0.456 e. The number of para-hydroxylation sites is 4. The van der Waals surface area contributed by atoms with Crippen LogP contribution in [0.25, 0.3) is 111 Å². The van der Waals surface area contributed by atoms with Gasteiger partial charge in [0.1, 0.15) is 44.7 Å². The third-order valence-corrected chi connectivity index (χ3v) is 11.3. The van der Waals surface area contributed by atoms with Crippen LogP contribution in [0.5, 0.6) is 0 Å². The molecule has 0 fully saturated rings. The quantitative estimate of drug-likeness (QED) is 0.171. The summed E-state index contributed by atoms with van der Waals surface area (Å²) < 4.78 is 25.5. The number of fused-ring (bicyclic) bond motifs is 12. The van der Waals surface area contributed by atoms with Gasteiger partial charge in [-0.3, -0.25) is 4.90 Å². The maximum Gasteiger partial charge on any atom is 0.238 e. The summed E-state index contributed by atoms with van der Waals surface area (Å²) in [5.41, 5.74) is 9.56. The van der Waals surface area contributed by atoms with Gasteiger partial charge in [-0.05, 0) is 78.9 Å². The minimum atomic E-state index is 0.417. The number of aromatic nitrogens is 3. The molecule has 0 saturated heterocycles. The Morgan fingerprint density at radius 1 is 0.322 bits per heavy atom. The van der Waals surface area contributed by atoms with Gasteiger partial charge in [0.25, 0.3) is 0 Å². The SMILES string of the molecule is c1ccc2c(c1)oc1cc(-c3nc(-c4ccc5oc6ccccc6c5c4)nc(N(c4ccc5c(c4)oc4ccccc45)c4cccc5oc6ccccc6c45)n3)ccc12. The molecule has 0 aliphatic heterocycles. The van der Waals surface area contributed by atoms with E-state index in [0.717, 1.165) is 110 Å². The number of anilines is 3. The molecule has 0 aliphatic rings. The van der Waals surface area contributed by atoms with Crippen LogP contribution >= 0.6 is 0 Å². The lowest BCUT2D eigenvalue weighted by molar-refractivity contribution is 0.668. The number of rotatable bonds is 5. The summed E-state index contributed by atoms with van der Waals surface area (Å²) in [5.74, 6) is 1.41.